The molecule has 0 radical (unpaired) electrons. The molecule has 0 bridgehead atoms. The van der Waals surface area contributed by atoms with Gasteiger partial charge in [-0.15, -0.1) is 0 Å². The summed E-state index contributed by atoms with van der Waals surface area (Å²) in [7, 11) is 1.79. The number of benzene rings is 1. The minimum absolute atomic E-state index is 0.131. The molecule has 1 aromatic carbocycles. The second-order valence-electron chi connectivity index (χ2n) is 7.01. The van der Waals surface area contributed by atoms with Gasteiger partial charge in [-0.05, 0) is 40.0 Å². The van der Waals surface area contributed by atoms with Crippen molar-refractivity contribution < 1.29 is 19.2 Å². The molecule has 29 heavy (non-hydrogen) atoms. The molecule has 0 fully saturated rings. The molecule has 8 nitrogen and oxygen atoms in total. The third-order valence-corrected chi connectivity index (χ3v) is 3.69. The first-order chi connectivity index (χ1) is 13.6. The molecule has 1 aromatic rings. The molecule has 0 saturated heterocycles. The molecule has 0 atom stereocenters. The number of carbonyl (C=O) groups excluding carboxylic acids is 2. The van der Waals surface area contributed by atoms with Crippen LogP contribution in [0, 0.1) is 10.1 Å². The molecule has 0 unspecified atom stereocenters. The van der Waals surface area contributed by atoms with Crippen LogP contribution in [0.25, 0.3) is 6.08 Å². The molecule has 0 heterocycles. The molecule has 0 spiro atoms. The number of hydrogen-bond acceptors (Lipinski definition) is 6. The Labute approximate surface area is 173 Å². The van der Waals surface area contributed by atoms with Crippen molar-refractivity contribution in [3.05, 3.63) is 45.6 Å². The van der Waals surface area contributed by atoms with Crippen molar-refractivity contribution in [1.29, 1.82) is 0 Å². The average molecular weight is 408 g/mol. The molecule has 0 aliphatic heterocycles. The first kappa shape index (κ1) is 26.1. The van der Waals surface area contributed by atoms with Crippen molar-refractivity contribution in [3.63, 3.8) is 0 Å². The van der Waals surface area contributed by atoms with Crippen molar-refractivity contribution >= 4 is 24.1 Å². The standard InChI is InChI=1S/C19H27N3O5.C2H6/c1-6-21(18(24)27-19(2,3)4)13-12-20(5)11-10-16-15(14-23)8-7-9-17(16)22(25)26;1-2/h7-11,14H,6,12-13H2,1-5H3;1-2H3/b11-10-;. The summed E-state index contributed by atoms with van der Waals surface area (Å²) in [6, 6.07) is 4.36. The highest BCUT2D eigenvalue weighted by atomic mass is 16.6. The van der Waals surface area contributed by atoms with Crippen LogP contribution in [0.3, 0.4) is 0 Å². The number of aldehydes is 1. The van der Waals surface area contributed by atoms with Gasteiger partial charge in [0.2, 0.25) is 0 Å². The molecular weight excluding hydrogens is 374 g/mol. The number of rotatable bonds is 8. The third kappa shape index (κ3) is 9.23. The van der Waals surface area contributed by atoms with Gasteiger partial charge in [0.1, 0.15) is 5.60 Å². The Morgan fingerprint density at radius 1 is 1.24 bits per heavy atom. The zero-order chi connectivity index (χ0) is 22.6. The van der Waals surface area contributed by atoms with Gasteiger partial charge in [0.25, 0.3) is 5.69 Å². The summed E-state index contributed by atoms with van der Waals surface area (Å²) in [4.78, 5) is 37.3. The lowest BCUT2D eigenvalue weighted by atomic mass is 10.1. The number of nitrogens with zero attached hydrogens (tertiary/aromatic N) is 3. The molecule has 0 saturated carbocycles. The Balaban J connectivity index is 0.00000379. The number of likely N-dealkylation sites (N-methyl/N-ethyl adjacent to an activating group) is 2. The van der Waals surface area contributed by atoms with E-state index >= 15 is 0 Å². The highest BCUT2D eigenvalue weighted by Gasteiger charge is 2.21. The molecule has 8 heteroatoms. The number of amides is 1. The molecule has 0 aliphatic rings. The Hall–Kier alpha value is -2.90. The van der Waals surface area contributed by atoms with E-state index < -0.39 is 10.5 Å². The van der Waals surface area contributed by atoms with Crippen LogP contribution in [0.4, 0.5) is 10.5 Å². The maximum absolute atomic E-state index is 12.1. The second kappa shape index (κ2) is 12.5. The van der Waals surface area contributed by atoms with E-state index in [0.717, 1.165) is 0 Å². The topological polar surface area (TPSA) is 93.0 Å². The summed E-state index contributed by atoms with van der Waals surface area (Å²) in [6.07, 6.45) is 3.39. The van der Waals surface area contributed by atoms with Crippen LogP contribution in [-0.2, 0) is 4.74 Å². The largest absolute Gasteiger partial charge is 0.444 e. The molecular formula is C21H33N3O5. The van der Waals surface area contributed by atoms with Crippen LogP contribution < -0.4 is 0 Å². The number of nitro groups is 1. The minimum Gasteiger partial charge on any atom is -0.444 e. The van der Waals surface area contributed by atoms with E-state index in [1.54, 1.807) is 23.0 Å². The zero-order valence-corrected chi connectivity index (χ0v) is 18.5. The maximum Gasteiger partial charge on any atom is 0.410 e. The summed E-state index contributed by atoms with van der Waals surface area (Å²) in [5, 5.41) is 11.2. The maximum atomic E-state index is 12.1. The van der Waals surface area contributed by atoms with E-state index in [1.165, 1.54) is 24.3 Å². The first-order valence-corrected chi connectivity index (χ1v) is 9.68. The predicted octanol–water partition coefficient (Wildman–Crippen LogP) is 4.59. The summed E-state index contributed by atoms with van der Waals surface area (Å²) in [6.45, 7) is 12.7. The van der Waals surface area contributed by atoms with Gasteiger partial charge in [0, 0.05) is 38.3 Å². The lowest BCUT2D eigenvalue weighted by molar-refractivity contribution is -0.385. The lowest BCUT2D eigenvalue weighted by Gasteiger charge is -2.27. The predicted molar refractivity (Wildman–Crippen MR) is 115 cm³/mol. The van der Waals surface area contributed by atoms with Gasteiger partial charge in [-0.1, -0.05) is 26.0 Å². The van der Waals surface area contributed by atoms with Crippen molar-refractivity contribution in [2.75, 3.05) is 26.7 Å². The molecule has 0 N–H and O–H groups in total. The normalized spacial score (nSPS) is 10.7. The van der Waals surface area contributed by atoms with Crippen LogP contribution in [-0.4, -0.2) is 59.4 Å². The molecule has 1 rings (SSSR count). The van der Waals surface area contributed by atoms with Crippen molar-refractivity contribution in [2.24, 2.45) is 0 Å². The Morgan fingerprint density at radius 2 is 1.86 bits per heavy atom. The fourth-order valence-electron chi connectivity index (χ4n) is 2.27. The van der Waals surface area contributed by atoms with Crippen molar-refractivity contribution in [2.45, 2.75) is 47.1 Å². The van der Waals surface area contributed by atoms with E-state index in [1.807, 2.05) is 41.5 Å². The Kier molecular flexibility index (Phi) is 11.3. The molecule has 0 aromatic heterocycles. The average Bonchev–Trinajstić information content (AvgIpc) is 2.66. The zero-order valence-electron chi connectivity index (χ0n) is 18.5. The number of carbonyl (C=O) groups is 2. The monoisotopic (exact) mass is 407 g/mol. The van der Waals surface area contributed by atoms with E-state index in [4.69, 9.17) is 4.74 Å². The molecule has 1 amide bonds. The van der Waals surface area contributed by atoms with Gasteiger partial charge in [-0.3, -0.25) is 14.9 Å². The Morgan fingerprint density at radius 3 is 2.34 bits per heavy atom. The first-order valence-electron chi connectivity index (χ1n) is 9.68. The molecule has 0 aliphatic carbocycles. The summed E-state index contributed by atoms with van der Waals surface area (Å²) in [5.74, 6) is 0. The van der Waals surface area contributed by atoms with E-state index in [0.29, 0.717) is 25.9 Å². The van der Waals surface area contributed by atoms with Gasteiger partial charge < -0.3 is 14.5 Å². The summed E-state index contributed by atoms with van der Waals surface area (Å²) >= 11 is 0. The quantitative estimate of drug-likeness (QED) is 0.355. The number of ether oxygens (including phenoxy) is 1. The van der Waals surface area contributed by atoms with Crippen molar-refractivity contribution in [3.8, 4) is 0 Å². The van der Waals surface area contributed by atoms with Crippen LogP contribution in [0.5, 0.6) is 0 Å². The number of hydrogen-bond donors (Lipinski definition) is 0. The smallest absolute Gasteiger partial charge is 0.410 e. The van der Waals surface area contributed by atoms with Gasteiger partial charge in [-0.25, -0.2) is 4.79 Å². The van der Waals surface area contributed by atoms with Gasteiger partial charge in [0.15, 0.2) is 6.29 Å². The highest BCUT2D eigenvalue weighted by Crippen LogP contribution is 2.23. The lowest BCUT2D eigenvalue weighted by Crippen LogP contribution is -2.40. The van der Waals surface area contributed by atoms with Crippen LogP contribution in [0.1, 0.15) is 57.5 Å². The van der Waals surface area contributed by atoms with E-state index in [-0.39, 0.29) is 22.9 Å². The third-order valence-electron chi connectivity index (χ3n) is 3.69. The minimum atomic E-state index is -0.562. The number of nitro benzene ring substituents is 1. The van der Waals surface area contributed by atoms with E-state index in [9.17, 15) is 19.7 Å². The van der Waals surface area contributed by atoms with Gasteiger partial charge >= 0.3 is 6.09 Å². The second-order valence-corrected chi connectivity index (χ2v) is 7.01. The van der Waals surface area contributed by atoms with Crippen molar-refractivity contribution in [1.82, 2.24) is 9.80 Å². The van der Waals surface area contributed by atoms with Crippen LogP contribution >= 0.6 is 0 Å². The van der Waals surface area contributed by atoms with E-state index in [2.05, 4.69) is 0 Å². The summed E-state index contributed by atoms with van der Waals surface area (Å²) < 4.78 is 5.36. The fraction of sp³-hybridized carbons (Fsp3) is 0.524. The highest BCUT2D eigenvalue weighted by molar-refractivity contribution is 5.85. The van der Waals surface area contributed by atoms with Gasteiger partial charge in [0.05, 0.1) is 10.5 Å². The van der Waals surface area contributed by atoms with Crippen LogP contribution in [0.15, 0.2) is 24.4 Å². The van der Waals surface area contributed by atoms with Crippen LogP contribution in [0.2, 0.25) is 0 Å². The summed E-state index contributed by atoms with van der Waals surface area (Å²) in [5.41, 5.74) is -0.192. The Bertz CT molecular complexity index is 711. The van der Waals surface area contributed by atoms with Gasteiger partial charge in [-0.2, -0.15) is 0 Å². The SMILES string of the molecule is CC.CCN(CCN(C)/C=C\c1c(C=O)cccc1[N+](=O)[O-])C(=O)OC(C)(C)C. The fourth-order valence-corrected chi connectivity index (χ4v) is 2.27. The molecule has 162 valence electrons.